The molecule has 0 aliphatic heterocycles. The van der Waals surface area contributed by atoms with Gasteiger partial charge < -0.3 is 0 Å². The van der Waals surface area contributed by atoms with Crippen molar-refractivity contribution in [2.45, 2.75) is 197 Å². The molecule has 0 aromatic rings. The van der Waals surface area contributed by atoms with E-state index in [4.69, 9.17) is 4.74 Å². The van der Waals surface area contributed by atoms with Crippen molar-refractivity contribution in [2.75, 3.05) is 0 Å². The fourth-order valence-electron chi connectivity index (χ4n) is 5.23. The van der Waals surface area contributed by atoms with Gasteiger partial charge in [0, 0.05) is 0 Å². The van der Waals surface area contributed by atoms with Crippen molar-refractivity contribution < 1.29 is 14.3 Å². The van der Waals surface area contributed by atoms with Crippen LogP contribution in [0, 0.1) is 0 Å². The van der Waals surface area contributed by atoms with E-state index in [1.807, 2.05) is 0 Å². The van der Waals surface area contributed by atoms with Crippen LogP contribution in [0.5, 0.6) is 0 Å². The van der Waals surface area contributed by atoms with E-state index in [1.165, 1.54) is 89.9 Å². The Labute approximate surface area is 285 Å². The average molecular weight is 689 g/mol. The molecule has 0 spiro atoms. The predicted octanol–water partition coefficient (Wildman–Crippen LogP) is 13.2. The molecular formula is C41H73AsO3. The molecule has 0 bridgehead atoms. The average Bonchev–Trinajstić information content (AvgIpc) is 3.03. The van der Waals surface area contributed by atoms with Gasteiger partial charge in [0.2, 0.25) is 0 Å². The third-order valence-corrected chi connectivity index (χ3v) is 10.5. The fraction of sp³-hybridized carbons (Fsp3) is 0.756. The molecule has 1 atom stereocenters. The summed E-state index contributed by atoms with van der Waals surface area (Å²) in [7, 11) is 0. The molecule has 1 unspecified atom stereocenters. The summed E-state index contributed by atoms with van der Waals surface area (Å²) in [5, 5.41) is 0.960. The molecule has 0 aromatic heterocycles. The van der Waals surface area contributed by atoms with Crippen LogP contribution >= 0.6 is 0 Å². The molecule has 3 nitrogen and oxygen atoms in total. The van der Waals surface area contributed by atoms with Crippen molar-refractivity contribution in [1.82, 2.24) is 0 Å². The zero-order valence-electron chi connectivity index (χ0n) is 30.3. The van der Waals surface area contributed by atoms with Gasteiger partial charge in [-0.25, -0.2) is 0 Å². The van der Waals surface area contributed by atoms with E-state index in [-0.39, 0.29) is 11.8 Å². The molecule has 0 N–H and O–H groups in total. The van der Waals surface area contributed by atoms with Gasteiger partial charge in [0.1, 0.15) is 0 Å². The first-order chi connectivity index (χ1) is 22.0. The number of unbranched alkanes of at least 4 members (excludes halogenated alkanes) is 16. The van der Waals surface area contributed by atoms with Crippen LogP contribution in [-0.4, -0.2) is 32.5 Å². The van der Waals surface area contributed by atoms with Gasteiger partial charge in [-0.05, 0) is 44.9 Å². The Hall–Kier alpha value is -1.34. The van der Waals surface area contributed by atoms with Crippen LogP contribution < -0.4 is 0 Å². The van der Waals surface area contributed by atoms with E-state index >= 15 is 0 Å². The van der Waals surface area contributed by atoms with Gasteiger partial charge in [0.05, 0.1) is 0 Å². The number of hydrogen-bond donors (Lipinski definition) is 0. The Morgan fingerprint density at radius 2 is 0.956 bits per heavy atom. The van der Waals surface area contributed by atoms with E-state index in [0.717, 1.165) is 56.6 Å². The Morgan fingerprint density at radius 1 is 0.533 bits per heavy atom. The van der Waals surface area contributed by atoms with Gasteiger partial charge >= 0.3 is 153 Å². The first-order valence-corrected chi connectivity index (χ1v) is 24.1. The van der Waals surface area contributed by atoms with Gasteiger partial charge in [0.25, 0.3) is 0 Å². The molecule has 0 aromatic carbocycles. The van der Waals surface area contributed by atoms with Crippen LogP contribution in [0.25, 0.3) is 0 Å². The van der Waals surface area contributed by atoms with E-state index in [2.05, 4.69) is 73.9 Å². The zero-order chi connectivity index (χ0) is 33.1. The standard InChI is InChI=1S/C41H73AsO3/c1-5-7-9-11-13-15-17-19-21-23-25-27-29-31-33-35-39(43)40(45-41(44)37-38-42(3)4)36-34-32-30-28-26-24-22-20-18-16-14-12-10-8-6-2/h13-16,19-22,40H,5-12,17-18,23-38H2,1-4H3/b15-13-,16-14-,21-19-,22-20-. The maximum absolute atomic E-state index is 13.0. The number of carbonyl (C=O) groups excluding carboxylic acids is 2. The number of Topliss-reactive ketones (excluding diaryl/α,β-unsaturated/α-hetero) is 1. The van der Waals surface area contributed by atoms with Crippen molar-refractivity contribution in [1.29, 1.82) is 0 Å². The summed E-state index contributed by atoms with van der Waals surface area (Å²) in [6.45, 7) is 4.50. The van der Waals surface area contributed by atoms with Crippen LogP contribution in [0.3, 0.4) is 0 Å². The number of ether oxygens (including phenoxy) is 1. The molecule has 0 rings (SSSR count). The van der Waals surface area contributed by atoms with Crippen LogP contribution in [0.4, 0.5) is 0 Å². The minimum atomic E-state index is -0.865. The Bertz CT molecular complexity index is 780. The molecule has 0 radical (unpaired) electrons. The fourth-order valence-corrected chi connectivity index (χ4v) is 6.55. The van der Waals surface area contributed by atoms with Crippen LogP contribution in [0.15, 0.2) is 48.6 Å². The number of allylic oxidation sites excluding steroid dienone is 8. The normalized spacial score (nSPS) is 12.9. The first kappa shape index (κ1) is 43.7. The molecule has 0 amide bonds. The first-order valence-electron chi connectivity index (χ1n) is 19.0. The summed E-state index contributed by atoms with van der Waals surface area (Å²) in [4.78, 5) is 25.5. The summed E-state index contributed by atoms with van der Waals surface area (Å²) in [6, 6.07) is 0. The van der Waals surface area contributed by atoms with E-state index in [1.54, 1.807) is 0 Å². The number of rotatable bonds is 33. The Balaban J connectivity index is 4.14. The van der Waals surface area contributed by atoms with Crippen LogP contribution in [0.2, 0.25) is 16.6 Å². The molecule has 0 fully saturated rings. The van der Waals surface area contributed by atoms with E-state index < -0.39 is 20.8 Å². The Morgan fingerprint density at radius 3 is 1.42 bits per heavy atom. The molecule has 260 valence electrons. The molecule has 0 aliphatic carbocycles. The number of ketones is 1. The number of carbonyl (C=O) groups is 2. The van der Waals surface area contributed by atoms with E-state index in [0.29, 0.717) is 19.3 Å². The molecule has 0 saturated carbocycles. The maximum atomic E-state index is 13.0. The topological polar surface area (TPSA) is 43.4 Å². The van der Waals surface area contributed by atoms with Crippen molar-refractivity contribution in [3.05, 3.63) is 48.6 Å². The summed E-state index contributed by atoms with van der Waals surface area (Å²) in [5.41, 5.74) is 4.52. The zero-order valence-corrected chi connectivity index (χ0v) is 32.1. The summed E-state index contributed by atoms with van der Waals surface area (Å²) < 4.78 is 5.76. The van der Waals surface area contributed by atoms with Gasteiger partial charge in [-0.15, -0.1) is 0 Å². The van der Waals surface area contributed by atoms with Crippen LogP contribution in [-0.2, 0) is 14.3 Å². The number of esters is 1. The second kappa shape index (κ2) is 35.5. The monoisotopic (exact) mass is 688 g/mol. The van der Waals surface area contributed by atoms with Crippen molar-refractivity contribution in [3.8, 4) is 0 Å². The van der Waals surface area contributed by atoms with Gasteiger partial charge in [-0.1, -0.05) is 88.1 Å². The molecule has 45 heavy (non-hydrogen) atoms. The van der Waals surface area contributed by atoms with Gasteiger partial charge in [-0.2, -0.15) is 0 Å². The van der Waals surface area contributed by atoms with Crippen molar-refractivity contribution in [3.63, 3.8) is 0 Å². The molecule has 0 saturated heterocycles. The second-order valence-corrected chi connectivity index (χ2v) is 18.5. The van der Waals surface area contributed by atoms with Crippen LogP contribution in [0.1, 0.15) is 174 Å². The summed E-state index contributed by atoms with van der Waals surface area (Å²) in [5.74, 6) is -0.0277. The Kier molecular flexibility index (Phi) is 34.5. The predicted molar refractivity (Wildman–Crippen MR) is 201 cm³/mol. The second-order valence-electron chi connectivity index (χ2n) is 13.0. The minimum absolute atomic E-state index is 0.140. The van der Waals surface area contributed by atoms with Crippen molar-refractivity contribution in [2.24, 2.45) is 0 Å². The molecule has 0 aliphatic rings. The van der Waals surface area contributed by atoms with E-state index in [9.17, 15) is 9.59 Å². The summed E-state index contributed by atoms with van der Waals surface area (Å²) in [6.07, 6.45) is 45.6. The summed E-state index contributed by atoms with van der Waals surface area (Å²) >= 11 is -0.865. The van der Waals surface area contributed by atoms with Gasteiger partial charge in [-0.3, -0.25) is 0 Å². The SMILES string of the molecule is CCCCC/C=C\C/C=C\CCCCCCCC(=O)C(CCCCCCC/C=C\C/C=C\CCCCC)OC(=O)CC[As](C)C. The van der Waals surface area contributed by atoms with Crippen molar-refractivity contribution >= 4 is 26.4 Å². The quantitative estimate of drug-likeness (QED) is 0.0298. The third-order valence-electron chi connectivity index (χ3n) is 8.19. The molecular weight excluding hydrogens is 615 g/mol. The number of hydrogen-bond acceptors (Lipinski definition) is 3. The molecule has 0 heterocycles. The third kappa shape index (κ3) is 33.8. The van der Waals surface area contributed by atoms with Gasteiger partial charge in [0.15, 0.2) is 0 Å². The molecule has 4 heteroatoms.